The summed E-state index contributed by atoms with van der Waals surface area (Å²) in [7, 11) is 3.65. The number of rotatable bonds is 4. The maximum atomic E-state index is 5.69. The van der Waals surface area contributed by atoms with Gasteiger partial charge >= 0.3 is 0 Å². The van der Waals surface area contributed by atoms with E-state index in [4.69, 9.17) is 9.47 Å². The minimum atomic E-state index is 0.189. The van der Waals surface area contributed by atoms with Gasteiger partial charge in [-0.25, -0.2) is 0 Å². The smallest absolute Gasteiger partial charge is 0.193 e. The van der Waals surface area contributed by atoms with Gasteiger partial charge in [0.25, 0.3) is 0 Å². The maximum absolute atomic E-state index is 5.69. The third-order valence-electron chi connectivity index (χ3n) is 7.23. The number of methoxy groups -OCH3 is 1. The summed E-state index contributed by atoms with van der Waals surface area (Å²) in [6, 6.07) is 8.72. The van der Waals surface area contributed by atoms with Crippen molar-refractivity contribution >= 4 is 5.96 Å². The fraction of sp³-hybridized carbons (Fsp3) is 0.696. The molecule has 1 saturated carbocycles. The van der Waals surface area contributed by atoms with Gasteiger partial charge in [-0.05, 0) is 43.4 Å². The molecule has 1 aromatic carbocycles. The number of nitrogens with one attached hydrogen (secondary N) is 1. The Kier molecular flexibility index (Phi) is 5.81. The monoisotopic (exact) mass is 385 g/mol. The highest BCUT2D eigenvalue weighted by Crippen LogP contribution is 2.40. The fourth-order valence-electron chi connectivity index (χ4n) is 5.41. The van der Waals surface area contributed by atoms with Crippen molar-refractivity contribution in [1.29, 1.82) is 0 Å². The quantitative estimate of drug-likeness (QED) is 0.636. The number of guanidine groups is 1. The van der Waals surface area contributed by atoms with Crippen LogP contribution in [-0.4, -0.2) is 57.9 Å². The van der Waals surface area contributed by atoms with Gasteiger partial charge in [0.15, 0.2) is 5.96 Å². The SMILES string of the molecule is CN=C(NCC1(c2ccc(OC)cc2)CCCCC1)N1CCC2(CCOC2)C1. The maximum Gasteiger partial charge on any atom is 0.193 e. The lowest BCUT2D eigenvalue weighted by Crippen LogP contribution is -2.48. The molecule has 154 valence electrons. The van der Waals surface area contributed by atoms with Crippen molar-refractivity contribution in [2.24, 2.45) is 10.4 Å². The van der Waals surface area contributed by atoms with Crippen LogP contribution in [0.2, 0.25) is 0 Å². The number of hydrogen-bond donors (Lipinski definition) is 1. The van der Waals surface area contributed by atoms with Crippen molar-refractivity contribution in [1.82, 2.24) is 10.2 Å². The largest absolute Gasteiger partial charge is 0.497 e. The molecule has 1 aliphatic carbocycles. The van der Waals surface area contributed by atoms with Crippen LogP contribution in [0.15, 0.2) is 29.3 Å². The van der Waals surface area contributed by atoms with Crippen molar-refractivity contribution < 1.29 is 9.47 Å². The molecule has 0 amide bonds. The summed E-state index contributed by atoms with van der Waals surface area (Å²) in [5, 5.41) is 3.76. The molecule has 2 heterocycles. The van der Waals surface area contributed by atoms with Crippen LogP contribution in [0.5, 0.6) is 5.75 Å². The van der Waals surface area contributed by atoms with Gasteiger partial charge in [-0.2, -0.15) is 0 Å². The first-order valence-electron chi connectivity index (χ1n) is 10.9. The first-order chi connectivity index (χ1) is 13.7. The molecule has 1 atom stereocenters. The molecule has 1 unspecified atom stereocenters. The normalized spacial score (nSPS) is 27.4. The molecular formula is C23H35N3O2. The Bertz CT molecular complexity index is 674. The van der Waals surface area contributed by atoms with Crippen molar-refractivity contribution in [3.05, 3.63) is 29.8 Å². The van der Waals surface area contributed by atoms with Crippen LogP contribution < -0.4 is 10.1 Å². The summed E-state index contributed by atoms with van der Waals surface area (Å²) < 4.78 is 11.1. The van der Waals surface area contributed by atoms with Gasteiger partial charge in [0.1, 0.15) is 5.75 Å². The summed E-state index contributed by atoms with van der Waals surface area (Å²) in [5.74, 6) is 1.99. The number of ether oxygens (including phenoxy) is 2. The van der Waals surface area contributed by atoms with E-state index in [0.717, 1.165) is 44.6 Å². The predicted octanol–water partition coefficient (Wildman–Crippen LogP) is 3.58. The van der Waals surface area contributed by atoms with Crippen LogP contribution in [0, 0.1) is 5.41 Å². The van der Waals surface area contributed by atoms with Crippen molar-refractivity contribution in [2.75, 3.05) is 47.0 Å². The Morgan fingerprint density at radius 3 is 2.57 bits per heavy atom. The molecule has 3 fully saturated rings. The minimum absolute atomic E-state index is 0.189. The Labute approximate surface area is 169 Å². The molecule has 0 aromatic heterocycles. The highest BCUT2D eigenvalue weighted by atomic mass is 16.5. The lowest BCUT2D eigenvalue weighted by atomic mass is 9.69. The van der Waals surface area contributed by atoms with Gasteiger partial charge in [-0.15, -0.1) is 0 Å². The second-order valence-electron chi connectivity index (χ2n) is 8.94. The third kappa shape index (κ3) is 3.86. The van der Waals surface area contributed by atoms with Gasteiger partial charge < -0.3 is 19.7 Å². The first kappa shape index (κ1) is 19.6. The Balaban J connectivity index is 1.46. The van der Waals surface area contributed by atoms with Crippen molar-refractivity contribution in [2.45, 2.75) is 50.4 Å². The van der Waals surface area contributed by atoms with E-state index in [9.17, 15) is 0 Å². The molecule has 5 nitrogen and oxygen atoms in total. The number of nitrogens with zero attached hydrogens (tertiary/aromatic N) is 2. The summed E-state index contributed by atoms with van der Waals surface area (Å²) >= 11 is 0. The lowest BCUT2D eigenvalue weighted by Gasteiger charge is -2.39. The van der Waals surface area contributed by atoms with Gasteiger partial charge in [-0.1, -0.05) is 31.4 Å². The lowest BCUT2D eigenvalue weighted by molar-refractivity contribution is 0.156. The van der Waals surface area contributed by atoms with Crippen LogP contribution >= 0.6 is 0 Å². The van der Waals surface area contributed by atoms with E-state index < -0.39 is 0 Å². The molecule has 1 spiro atoms. The van der Waals surface area contributed by atoms with E-state index in [-0.39, 0.29) is 5.41 Å². The second kappa shape index (κ2) is 8.32. The average molecular weight is 386 g/mol. The standard InChI is InChI=1S/C23H35N3O2/c1-24-21(26-14-12-22(17-26)13-15-28-18-22)25-16-23(10-4-3-5-11-23)19-6-8-20(27-2)9-7-19/h6-9H,3-5,10-18H2,1-2H3,(H,24,25). The molecule has 3 aliphatic rings. The molecule has 1 N–H and O–H groups in total. The molecule has 0 bridgehead atoms. The van der Waals surface area contributed by atoms with Crippen LogP contribution in [0.3, 0.4) is 0 Å². The summed E-state index contributed by atoms with van der Waals surface area (Å²) in [6.45, 7) is 4.93. The fourth-order valence-corrected chi connectivity index (χ4v) is 5.41. The number of benzene rings is 1. The van der Waals surface area contributed by atoms with E-state index in [1.807, 2.05) is 7.05 Å². The molecular weight excluding hydrogens is 350 g/mol. The molecule has 5 heteroatoms. The Morgan fingerprint density at radius 1 is 1.14 bits per heavy atom. The van der Waals surface area contributed by atoms with E-state index in [0.29, 0.717) is 5.41 Å². The minimum Gasteiger partial charge on any atom is -0.497 e. The molecule has 2 aliphatic heterocycles. The van der Waals surface area contributed by atoms with E-state index in [1.165, 1.54) is 50.5 Å². The molecule has 28 heavy (non-hydrogen) atoms. The van der Waals surface area contributed by atoms with Crippen LogP contribution in [0.4, 0.5) is 0 Å². The molecule has 2 saturated heterocycles. The summed E-state index contributed by atoms with van der Waals surface area (Å²) in [4.78, 5) is 7.08. The van der Waals surface area contributed by atoms with E-state index in [2.05, 4.69) is 39.5 Å². The van der Waals surface area contributed by atoms with Gasteiger partial charge in [0.05, 0.1) is 13.7 Å². The number of likely N-dealkylation sites (tertiary alicyclic amines) is 1. The summed E-state index contributed by atoms with van der Waals surface area (Å²) in [6.07, 6.45) is 8.84. The molecule has 4 rings (SSSR count). The van der Waals surface area contributed by atoms with Crippen LogP contribution in [0.25, 0.3) is 0 Å². The van der Waals surface area contributed by atoms with Crippen molar-refractivity contribution in [3.63, 3.8) is 0 Å². The Morgan fingerprint density at radius 2 is 1.93 bits per heavy atom. The topological polar surface area (TPSA) is 46.1 Å². The third-order valence-corrected chi connectivity index (χ3v) is 7.23. The summed E-state index contributed by atoms with van der Waals surface area (Å²) in [5.41, 5.74) is 1.97. The highest BCUT2D eigenvalue weighted by Gasteiger charge is 2.42. The van der Waals surface area contributed by atoms with E-state index in [1.54, 1.807) is 7.11 Å². The molecule has 0 radical (unpaired) electrons. The van der Waals surface area contributed by atoms with Gasteiger partial charge in [-0.3, -0.25) is 4.99 Å². The zero-order valence-corrected chi connectivity index (χ0v) is 17.5. The Hall–Kier alpha value is -1.75. The van der Waals surface area contributed by atoms with Crippen molar-refractivity contribution in [3.8, 4) is 5.75 Å². The predicted molar refractivity (Wildman–Crippen MR) is 113 cm³/mol. The van der Waals surface area contributed by atoms with Gasteiger partial charge in [0.2, 0.25) is 0 Å². The number of hydrogen-bond acceptors (Lipinski definition) is 3. The zero-order chi connectivity index (χ0) is 19.5. The second-order valence-corrected chi connectivity index (χ2v) is 8.94. The zero-order valence-electron chi connectivity index (χ0n) is 17.5. The first-order valence-corrected chi connectivity index (χ1v) is 10.9. The molecule has 1 aromatic rings. The highest BCUT2D eigenvalue weighted by molar-refractivity contribution is 5.80. The van der Waals surface area contributed by atoms with Crippen LogP contribution in [0.1, 0.15) is 50.5 Å². The van der Waals surface area contributed by atoms with Gasteiger partial charge in [0, 0.05) is 44.1 Å². The van der Waals surface area contributed by atoms with E-state index >= 15 is 0 Å². The average Bonchev–Trinajstić information content (AvgIpc) is 3.39. The van der Waals surface area contributed by atoms with Crippen LogP contribution in [-0.2, 0) is 10.2 Å². The number of aliphatic imine (C=N–C) groups is 1.